The van der Waals surface area contributed by atoms with E-state index in [4.69, 9.17) is 4.74 Å². The highest BCUT2D eigenvalue weighted by molar-refractivity contribution is 7.18. The minimum absolute atomic E-state index is 0.123. The number of fused-ring (bicyclic) bond motifs is 2. The number of phenols is 1. The lowest BCUT2D eigenvalue weighted by Gasteiger charge is -2.37. The number of phenolic OH excluding ortho intramolecular Hbond substituents is 1. The molecule has 2 fully saturated rings. The number of pyridine rings is 1. The Balaban J connectivity index is 1.38. The summed E-state index contributed by atoms with van der Waals surface area (Å²) in [6.07, 6.45) is 4.89. The molecule has 2 heterocycles. The summed E-state index contributed by atoms with van der Waals surface area (Å²) in [6.45, 7) is 0. The number of nitrogens with zero attached hydrogens (tertiary/aromatic N) is 4. The molecule has 3 aromatic rings. The fraction of sp³-hybridized carbons (Fsp3) is 0.435. The highest BCUT2D eigenvalue weighted by Gasteiger charge is 2.44. The predicted octanol–water partition coefficient (Wildman–Crippen LogP) is 4.94. The van der Waals surface area contributed by atoms with Crippen molar-refractivity contribution in [3.63, 3.8) is 0 Å². The molecule has 0 unspecified atom stereocenters. The average molecular weight is 441 g/mol. The number of methoxy groups -OCH3 is 1. The van der Waals surface area contributed by atoms with Crippen molar-refractivity contribution in [1.82, 2.24) is 15.2 Å². The van der Waals surface area contributed by atoms with Gasteiger partial charge in [0.15, 0.2) is 5.01 Å². The van der Waals surface area contributed by atoms with Crippen LogP contribution in [0.15, 0.2) is 36.5 Å². The molecule has 2 saturated carbocycles. The van der Waals surface area contributed by atoms with Gasteiger partial charge in [-0.2, -0.15) is 0 Å². The molecule has 0 radical (unpaired) electrons. The van der Waals surface area contributed by atoms with E-state index in [9.17, 15) is 9.50 Å². The first-order valence-corrected chi connectivity index (χ1v) is 11.4. The number of benzene rings is 1. The topological polar surface area (TPSA) is 71.4 Å². The van der Waals surface area contributed by atoms with Crippen molar-refractivity contribution in [1.29, 1.82) is 0 Å². The Labute approximate surface area is 184 Å². The van der Waals surface area contributed by atoms with Crippen molar-refractivity contribution in [3.05, 3.63) is 36.5 Å². The number of hydrogen-bond donors (Lipinski definition) is 1. The van der Waals surface area contributed by atoms with Gasteiger partial charge >= 0.3 is 0 Å². The third kappa shape index (κ3) is 3.73. The standard InChI is InChI=1S/C23H25FN4O2S/c1-28(18-10-13-3-4-16(9-13)21(18)24)23-27-26-22(31-23)17-6-5-14(11-19(17)29)15-7-8-25-20(12-15)30-2/h5-8,11-13,16,18,21,29H,3-4,9-10H2,1-2H3/t13-,16+,18+,21-/m1/s1. The van der Waals surface area contributed by atoms with E-state index < -0.39 is 6.17 Å². The second kappa shape index (κ2) is 8.07. The van der Waals surface area contributed by atoms with Gasteiger partial charge in [-0.3, -0.25) is 0 Å². The van der Waals surface area contributed by atoms with Crippen LogP contribution in [0.1, 0.15) is 25.7 Å². The first-order chi connectivity index (χ1) is 15.0. The summed E-state index contributed by atoms with van der Waals surface area (Å²) in [7, 11) is 3.48. The van der Waals surface area contributed by atoms with Crippen molar-refractivity contribution >= 4 is 16.5 Å². The minimum Gasteiger partial charge on any atom is -0.507 e. The van der Waals surface area contributed by atoms with Gasteiger partial charge in [0.1, 0.15) is 11.9 Å². The van der Waals surface area contributed by atoms with Gasteiger partial charge in [-0.25, -0.2) is 9.37 Å². The van der Waals surface area contributed by atoms with E-state index in [1.165, 1.54) is 11.3 Å². The van der Waals surface area contributed by atoms with Crippen molar-refractivity contribution < 1.29 is 14.2 Å². The number of ether oxygens (including phenoxy) is 1. The van der Waals surface area contributed by atoms with Gasteiger partial charge < -0.3 is 14.7 Å². The lowest BCUT2D eigenvalue weighted by Crippen LogP contribution is -2.45. The summed E-state index contributed by atoms with van der Waals surface area (Å²) >= 11 is 1.38. The van der Waals surface area contributed by atoms with Gasteiger partial charge in [0.2, 0.25) is 11.0 Å². The van der Waals surface area contributed by atoms with Crippen LogP contribution in [0.4, 0.5) is 9.52 Å². The van der Waals surface area contributed by atoms with Crippen LogP contribution >= 0.6 is 11.3 Å². The number of rotatable bonds is 5. The van der Waals surface area contributed by atoms with Crippen LogP contribution < -0.4 is 9.64 Å². The van der Waals surface area contributed by atoms with Crippen LogP contribution in [0.3, 0.4) is 0 Å². The molecule has 0 aliphatic heterocycles. The molecule has 6 nitrogen and oxygen atoms in total. The van der Waals surface area contributed by atoms with Crippen LogP contribution in [0.25, 0.3) is 21.7 Å². The van der Waals surface area contributed by atoms with Gasteiger partial charge in [-0.05, 0) is 66.8 Å². The lowest BCUT2D eigenvalue weighted by atomic mass is 9.83. The number of hydrogen-bond acceptors (Lipinski definition) is 7. The molecule has 31 heavy (non-hydrogen) atoms. The van der Waals surface area contributed by atoms with Gasteiger partial charge in [-0.15, -0.1) is 10.2 Å². The Morgan fingerprint density at radius 3 is 2.77 bits per heavy atom. The molecule has 0 spiro atoms. The Kier molecular flexibility index (Phi) is 5.25. The molecule has 0 saturated heterocycles. The Morgan fingerprint density at radius 2 is 1.97 bits per heavy atom. The summed E-state index contributed by atoms with van der Waals surface area (Å²) in [5.41, 5.74) is 2.36. The molecule has 4 atom stereocenters. The van der Waals surface area contributed by atoms with Crippen LogP contribution in [0.2, 0.25) is 0 Å². The van der Waals surface area contributed by atoms with Crippen LogP contribution in [-0.4, -0.2) is 46.7 Å². The van der Waals surface area contributed by atoms with Crippen LogP contribution in [0, 0.1) is 11.8 Å². The van der Waals surface area contributed by atoms with E-state index in [1.807, 2.05) is 36.2 Å². The van der Waals surface area contributed by atoms with Gasteiger partial charge in [-0.1, -0.05) is 17.4 Å². The zero-order chi connectivity index (χ0) is 21.5. The maximum atomic E-state index is 15.0. The van der Waals surface area contributed by atoms with E-state index in [0.29, 0.717) is 27.5 Å². The predicted molar refractivity (Wildman–Crippen MR) is 119 cm³/mol. The maximum Gasteiger partial charge on any atom is 0.213 e. The smallest absolute Gasteiger partial charge is 0.213 e. The highest BCUT2D eigenvalue weighted by atomic mass is 32.1. The summed E-state index contributed by atoms with van der Waals surface area (Å²) in [4.78, 5) is 6.06. The van der Waals surface area contributed by atoms with Gasteiger partial charge in [0.25, 0.3) is 0 Å². The highest BCUT2D eigenvalue weighted by Crippen LogP contribution is 2.46. The largest absolute Gasteiger partial charge is 0.507 e. The van der Waals surface area contributed by atoms with Crippen molar-refractivity contribution in [3.8, 4) is 33.3 Å². The van der Waals surface area contributed by atoms with E-state index in [2.05, 4.69) is 15.2 Å². The van der Waals surface area contributed by atoms with Crippen molar-refractivity contribution in [2.45, 2.75) is 37.9 Å². The second-order valence-electron chi connectivity index (χ2n) is 8.51. The summed E-state index contributed by atoms with van der Waals surface area (Å²) in [5.74, 6) is 1.44. The summed E-state index contributed by atoms with van der Waals surface area (Å²) < 4.78 is 20.2. The molecule has 1 N–H and O–H groups in total. The molecule has 2 aliphatic rings. The van der Waals surface area contributed by atoms with Crippen LogP contribution in [0.5, 0.6) is 11.6 Å². The normalized spacial score (nSPS) is 24.9. The van der Waals surface area contributed by atoms with E-state index >= 15 is 0 Å². The molecule has 2 aromatic heterocycles. The molecular weight excluding hydrogens is 415 g/mol. The third-order valence-electron chi connectivity index (χ3n) is 6.69. The SMILES string of the molecule is COc1cc(-c2ccc(-c3nnc(N(C)[C@H]4C[C@@H]5CC[C@@H](C5)[C@H]4F)s3)c(O)c2)ccn1. The first-order valence-electron chi connectivity index (χ1n) is 10.6. The Hall–Kier alpha value is -2.74. The molecule has 1 aromatic carbocycles. The van der Waals surface area contributed by atoms with Crippen molar-refractivity contribution in [2.75, 3.05) is 19.1 Å². The van der Waals surface area contributed by atoms with Gasteiger partial charge in [0, 0.05) is 19.3 Å². The van der Waals surface area contributed by atoms with E-state index in [-0.39, 0.29) is 17.7 Å². The lowest BCUT2D eigenvalue weighted by molar-refractivity contribution is 0.144. The summed E-state index contributed by atoms with van der Waals surface area (Å²) in [6, 6.07) is 8.98. The number of anilines is 1. The quantitative estimate of drug-likeness (QED) is 0.606. The zero-order valence-corrected chi connectivity index (χ0v) is 18.3. The third-order valence-corrected chi connectivity index (χ3v) is 7.74. The molecule has 5 rings (SSSR count). The number of alkyl halides is 1. The molecule has 8 heteroatoms. The monoisotopic (exact) mass is 440 g/mol. The summed E-state index contributed by atoms with van der Waals surface area (Å²) in [5, 5.41) is 20.6. The van der Waals surface area contributed by atoms with E-state index in [0.717, 1.165) is 36.8 Å². The molecule has 2 aliphatic carbocycles. The molecular formula is C23H25FN4O2S. The van der Waals surface area contributed by atoms with E-state index in [1.54, 1.807) is 19.4 Å². The maximum absolute atomic E-state index is 15.0. The second-order valence-corrected chi connectivity index (χ2v) is 9.46. The number of aromatic hydroxyl groups is 1. The fourth-order valence-corrected chi connectivity index (χ4v) is 5.87. The number of halogens is 1. The number of aromatic nitrogens is 3. The Bertz CT molecular complexity index is 1090. The minimum atomic E-state index is -0.818. The Morgan fingerprint density at radius 1 is 1.13 bits per heavy atom. The van der Waals surface area contributed by atoms with Crippen LogP contribution in [-0.2, 0) is 0 Å². The van der Waals surface area contributed by atoms with Gasteiger partial charge in [0.05, 0.1) is 18.7 Å². The first kappa shape index (κ1) is 20.2. The molecule has 2 bridgehead atoms. The molecule has 0 amide bonds. The fourth-order valence-electron chi connectivity index (χ4n) is 4.98. The van der Waals surface area contributed by atoms with Crippen molar-refractivity contribution in [2.24, 2.45) is 11.8 Å². The average Bonchev–Trinajstić information content (AvgIpc) is 3.44. The zero-order valence-electron chi connectivity index (χ0n) is 17.5. The molecule has 162 valence electrons.